The minimum Gasteiger partial charge on any atom is -0.481 e. The first-order valence-corrected chi connectivity index (χ1v) is 6.25. The van der Waals surface area contributed by atoms with Crippen LogP contribution in [0.1, 0.15) is 38.2 Å². The van der Waals surface area contributed by atoms with Crippen LogP contribution in [0, 0.1) is 5.92 Å². The summed E-state index contributed by atoms with van der Waals surface area (Å²) in [5.41, 5.74) is 0.785. The summed E-state index contributed by atoms with van der Waals surface area (Å²) in [6, 6.07) is 5.39. The Kier molecular flexibility index (Phi) is 3.75. The normalized spacial score (nSPS) is 16.3. The zero-order valence-corrected chi connectivity index (χ0v) is 10.7. The summed E-state index contributed by atoms with van der Waals surface area (Å²) in [5, 5.41) is 9.40. The highest BCUT2D eigenvalue weighted by Gasteiger charge is 2.27. The first-order chi connectivity index (χ1) is 8.63. The van der Waals surface area contributed by atoms with Gasteiger partial charge in [-0.2, -0.15) is 0 Å². The molecule has 4 heteroatoms. The molecule has 1 aliphatic heterocycles. The molecule has 0 amide bonds. The van der Waals surface area contributed by atoms with Crippen LogP contribution in [0.15, 0.2) is 18.2 Å². The van der Waals surface area contributed by atoms with Crippen molar-refractivity contribution in [2.75, 3.05) is 6.79 Å². The molecule has 0 saturated heterocycles. The van der Waals surface area contributed by atoms with E-state index in [0.29, 0.717) is 11.5 Å². The second-order valence-electron chi connectivity index (χ2n) is 4.69. The van der Waals surface area contributed by atoms with E-state index in [1.807, 2.05) is 13.0 Å². The average molecular weight is 250 g/mol. The molecule has 0 aliphatic carbocycles. The molecule has 2 unspecified atom stereocenters. The van der Waals surface area contributed by atoms with E-state index in [2.05, 4.69) is 6.92 Å². The minimum atomic E-state index is -0.783. The van der Waals surface area contributed by atoms with Gasteiger partial charge in [0, 0.05) is 0 Å². The van der Waals surface area contributed by atoms with Gasteiger partial charge in [-0.25, -0.2) is 0 Å². The maximum atomic E-state index is 11.4. The van der Waals surface area contributed by atoms with Gasteiger partial charge in [0.1, 0.15) is 0 Å². The third kappa shape index (κ3) is 2.42. The summed E-state index contributed by atoms with van der Waals surface area (Å²) < 4.78 is 10.5. The quantitative estimate of drug-likeness (QED) is 0.872. The predicted molar refractivity (Wildman–Crippen MR) is 67.0 cm³/mol. The van der Waals surface area contributed by atoms with E-state index in [1.54, 1.807) is 12.1 Å². The van der Waals surface area contributed by atoms with Gasteiger partial charge in [0.05, 0.1) is 5.92 Å². The molecule has 0 spiro atoms. The van der Waals surface area contributed by atoms with Crippen LogP contribution in [-0.2, 0) is 4.79 Å². The van der Waals surface area contributed by atoms with E-state index in [1.165, 1.54) is 0 Å². The molecule has 1 aliphatic rings. The van der Waals surface area contributed by atoms with Gasteiger partial charge in [-0.1, -0.05) is 26.3 Å². The zero-order chi connectivity index (χ0) is 13.1. The Balaban J connectivity index is 2.28. The monoisotopic (exact) mass is 250 g/mol. The van der Waals surface area contributed by atoms with E-state index in [9.17, 15) is 9.90 Å². The fourth-order valence-corrected chi connectivity index (χ4v) is 2.44. The highest BCUT2D eigenvalue weighted by Crippen LogP contribution is 2.37. The Labute approximate surface area is 107 Å². The summed E-state index contributed by atoms with van der Waals surface area (Å²) in [6.45, 7) is 4.25. The summed E-state index contributed by atoms with van der Waals surface area (Å²) in [7, 11) is 0. The summed E-state index contributed by atoms with van der Waals surface area (Å²) in [4.78, 5) is 11.4. The first kappa shape index (κ1) is 12.7. The van der Waals surface area contributed by atoms with Gasteiger partial charge in [0.2, 0.25) is 6.79 Å². The number of hydrogen-bond acceptors (Lipinski definition) is 3. The molecule has 2 atom stereocenters. The maximum Gasteiger partial charge on any atom is 0.311 e. The molecule has 18 heavy (non-hydrogen) atoms. The van der Waals surface area contributed by atoms with Crippen molar-refractivity contribution in [2.24, 2.45) is 5.92 Å². The lowest BCUT2D eigenvalue weighted by Gasteiger charge is -2.20. The molecular formula is C14H18O4. The summed E-state index contributed by atoms with van der Waals surface area (Å²) in [6.07, 6.45) is 1.88. The number of fused-ring (bicyclic) bond motifs is 1. The van der Waals surface area contributed by atoms with E-state index < -0.39 is 11.9 Å². The predicted octanol–water partition coefficient (Wildman–Crippen LogP) is 3.02. The van der Waals surface area contributed by atoms with E-state index in [4.69, 9.17) is 9.47 Å². The Hall–Kier alpha value is -1.71. The van der Waals surface area contributed by atoms with E-state index in [-0.39, 0.29) is 12.7 Å². The molecule has 0 fully saturated rings. The van der Waals surface area contributed by atoms with Crippen LogP contribution in [0.4, 0.5) is 0 Å². The van der Waals surface area contributed by atoms with Crippen LogP contribution in [0.5, 0.6) is 11.5 Å². The average Bonchev–Trinajstić information content (AvgIpc) is 2.76. The lowest BCUT2D eigenvalue weighted by atomic mass is 9.84. The van der Waals surface area contributed by atoms with Gasteiger partial charge in [0.25, 0.3) is 0 Å². The topological polar surface area (TPSA) is 55.8 Å². The second-order valence-corrected chi connectivity index (χ2v) is 4.69. The van der Waals surface area contributed by atoms with E-state index >= 15 is 0 Å². The molecule has 2 rings (SSSR count). The Morgan fingerprint density at radius 3 is 2.78 bits per heavy atom. The Bertz CT molecular complexity index is 441. The molecule has 1 aromatic carbocycles. The van der Waals surface area contributed by atoms with Crippen LogP contribution in [0.3, 0.4) is 0 Å². The van der Waals surface area contributed by atoms with Gasteiger partial charge in [-0.15, -0.1) is 0 Å². The number of aliphatic carboxylic acids is 1. The van der Waals surface area contributed by atoms with Crippen molar-refractivity contribution in [1.82, 2.24) is 0 Å². The lowest BCUT2D eigenvalue weighted by Crippen LogP contribution is -2.19. The van der Waals surface area contributed by atoms with Gasteiger partial charge >= 0.3 is 5.97 Å². The molecule has 98 valence electrons. The van der Waals surface area contributed by atoms with Gasteiger partial charge in [0.15, 0.2) is 11.5 Å². The fraction of sp³-hybridized carbons (Fsp3) is 0.500. The van der Waals surface area contributed by atoms with Crippen molar-refractivity contribution in [2.45, 2.75) is 32.6 Å². The molecule has 1 aromatic rings. The molecule has 1 heterocycles. The third-order valence-electron chi connectivity index (χ3n) is 3.33. The minimum absolute atomic E-state index is 0.105. The molecule has 0 radical (unpaired) electrons. The van der Waals surface area contributed by atoms with Crippen LogP contribution >= 0.6 is 0 Å². The van der Waals surface area contributed by atoms with Crippen LogP contribution in [-0.4, -0.2) is 17.9 Å². The molecule has 1 N–H and O–H groups in total. The number of carboxylic acids is 1. The van der Waals surface area contributed by atoms with Crippen molar-refractivity contribution in [1.29, 1.82) is 0 Å². The smallest absolute Gasteiger partial charge is 0.311 e. The number of rotatable bonds is 5. The van der Waals surface area contributed by atoms with Crippen molar-refractivity contribution < 1.29 is 19.4 Å². The van der Waals surface area contributed by atoms with Crippen LogP contribution in [0.25, 0.3) is 0 Å². The Morgan fingerprint density at radius 1 is 1.39 bits per heavy atom. The largest absolute Gasteiger partial charge is 0.481 e. The van der Waals surface area contributed by atoms with Crippen molar-refractivity contribution in [3.8, 4) is 11.5 Å². The Morgan fingerprint density at radius 2 is 2.11 bits per heavy atom. The second kappa shape index (κ2) is 5.29. The third-order valence-corrected chi connectivity index (χ3v) is 3.33. The van der Waals surface area contributed by atoms with Crippen molar-refractivity contribution in [3.05, 3.63) is 23.8 Å². The summed E-state index contributed by atoms with van der Waals surface area (Å²) >= 11 is 0. The highest BCUT2D eigenvalue weighted by atomic mass is 16.7. The standard InChI is InChI=1S/C14H18O4/c1-3-4-9(2)13(14(15)16)10-5-6-11-12(7-10)18-8-17-11/h5-7,9,13H,3-4,8H2,1-2H3,(H,15,16). The molecular weight excluding hydrogens is 232 g/mol. The SMILES string of the molecule is CCCC(C)C(C(=O)O)c1ccc2c(c1)OCO2. The van der Waals surface area contributed by atoms with Crippen molar-refractivity contribution >= 4 is 5.97 Å². The number of ether oxygens (including phenoxy) is 2. The van der Waals surface area contributed by atoms with E-state index in [0.717, 1.165) is 18.4 Å². The number of carbonyl (C=O) groups is 1. The highest BCUT2D eigenvalue weighted by molar-refractivity contribution is 5.77. The van der Waals surface area contributed by atoms with Crippen molar-refractivity contribution in [3.63, 3.8) is 0 Å². The van der Waals surface area contributed by atoms with Gasteiger partial charge in [-0.05, 0) is 30.0 Å². The van der Waals surface area contributed by atoms with Crippen LogP contribution < -0.4 is 9.47 Å². The van der Waals surface area contributed by atoms with Gasteiger partial charge in [-0.3, -0.25) is 4.79 Å². The van der Waals surface area contributed by atoms with Crippen LogP contribution in [0.2, 0.25) is 0 Å². The fourth-order valence-electron chi connectivity index (χ4n) is 2.44. The first-order valence-electron chi connectivity index (χ1n) is 6.25. The molecule has 0 saturated carbocycles. The lowest BCUT2D eigenvalue weighted by molar-refractivity contribution is -0.140. The zero-order valence-electron chi connectivity index (χ0n) is 10.7. The number of carboxylic acid groups (broad SMARTS) is 1. The summed E-state index contributed by atoms with van der Waals surface area (Å²) in [5.74, 6) is 0.163. The molecule has 0 aromatic heterocycles. The molecule has 0 bridgehead atoms. The molecule has 4 nitrogen and oxygen atoms in total. The number of benzene rings is 1. The van der Waals surface area contributed by atoms with Gasteiger partial charge < -0.3 is 14.6 Å². The maximum absolute atomic E-state index is 11.4. The number of hydrogen-bond donors (Lipinski definition) is 1.